The summed E-state index contributed by atoms with van der Waals surface area (Å²) in [5, 5.41) is 11.4. The van der Waals surface area contributed by atoms with Crippen molar-refractivity contribution in [3.63, 3.8) is 0 Å². The summed E-state index contributed by atoms with van der Waals surface area (Å²) in [6.07, 6.45) is 7.50. The second-order valence-corrected chi connectivity index (χ2v) is 7.21. The van der Waals surface area contributed by atoms with Gasteiger partial charge in [0.1, 0.15) is 5.01 Å². The van der Waals surface area contributed by atoms with E-state index in [-0.39, 0.29) is 0 Å². The number of pyridine rings is 1. The van der Waals surface area contributed by atoms with Gasteiger partial charge in [0.05, 0.1) is 11.3 Å². The zero-order chi connectivity index (χ0) is 15.4. The maximum absolute atomic E-state index is 10.5. The van der Waals surface area contributed by atoms with Gasteiger partial charge in [-0.2, -0.15) is 0 Å². The SMILES string of the molecule is CCCC1(O)CCN(Cc2cnc(-c3ccccn3)s2)CC1. The number of aliphatic hydroxyl groups is 1. The number of thiazole rings is 1. The molecular formula is C17H23N3OS. The van der Waals surface area contributed by atoms with Crippen molar-refractivity contribution < 1.29 is 5.11 Å². The number of rotatable bonds is 5. The summed E-state index contributed by atoms with van der Waals surface area (Å²) in [5.41, 5.74) is 0.507. The number of likely N-dealkylation sites (tertiary alicyclic amines) is 1. The molecule has 3 rings (SSSR count). The molecule has 0 saturated carbocycles. The highest BCUT2D eigenvalue weighted by molar-refractivity contribution is 7.14. The molecule has 3 heterocycles. The summed E-state index contributed by atoms with van der Waals surface area (Å²) < 4.78 is 0. The largest absolute Gasteiger partial charge is 0.390 e. The minimum absolute atomic E-state index is 0.432. The molecule has 0 aromatic carbocycles. The van der Waals surface area contributed by atoms with Crippen molar-refractivity contribution in [2.24, 2.45) is 0 Å². The predicted molar refractivity (Wildman–Crippen MR) is 89.7 cm³/mol. The Morgan fingerprint density at radius 1 is 1.27 bits per heavy atom. The predicted octanol–water partition coefficient (Wildman–Crippen LogP) is 3.33. The van der Waals surface area contributed by atoms with Crippen molar-refractivity contribution >= 4 is 11.3 Å². The van der Waals surface area contributed by atoms with E-state index in [2.05, 4.69) is 21.8 Å². The fourth-order valence-corrected chi connectivity index (χ4v) is 3.98. The van der Waals surface area contributed by atoms with Crippen molar-refractivity contribution in [1.82, 2.24) is 14.9 Å². The zero-order valence-corrected chi connectivity index (χ0v) is 13.9. The quantitative estimate of drug-likeness (QED) is 0.919. The van der Waals surface area contributed by atoms with Crippen LogP contribution in [0.25, 0.3) is 10.7 Å². The molecular weight excluding hydrogens is 294 g/mol. The lowest BCUT2D eigenvalue weighted by molar-refractivity contribution is -0.0295. The second kappa shape index (κ2) is 6.86. The third kappa shape index (κ3) is 3.72. The summed E-state index contributed by atoms with van der Waals surface area (Å²) >= 11 is 1.71. The fraction of sp³-hybridized carbons (Fsp3) is 0.529. The smallest absolute Gasteiger partial charge is 0.142 e. The van der Waals surface area contributed by atoms with Gasteiger partial charge in [-0.15, -0.1) is 11.3 Å². The van der Waals surface area contributed by atoms with E-state index in [1.807, 2.05) is 24.4 Å². The van der Waals surface area contributed by atoms with Gasteiger partial charge in [0, 0.05) is 36.9 Å². The van der Waals surface area contributed by atoms with Crippen LogP contribution in [0.5, 0.6) is 0 Å². The normalized spacial score (nSPS) is 18.5. The summed E-state index contributed by atoms with van der Waals surface area (Å²) in [5.74, 6) is 0. The van der Waals surface area contributed by atoms with E-state index in [0.29, 0.717) is 0 Å². The first-order valence-corrected chi connectivity index (χ1v) is 8.81. The minimum atomic E-state index is -0.432. The van der Waals surface area contributed by atoms with Crippen LogP contribution in [0.4, 0.5) is 0 Å². The molecule has 1 aliphatic heterocycles. The van der Waals surface area contributed by atoms with Crippen LogP contribution in [-0.2, 0) is 6.54 Å². The third-order valence-corrected chi connectivity index (χ3v) is 5.32. The van der Waals surface area contributed by atoms with Gasteiger partial charge in [-0.1, -0.05) is 19.4 Å². The lowest BCUT2D eigenvalue weighted by atomic mass is 9.87. The molecule has 0 amide bonds. The fourth-order valence-electron chi connectivity index (χ4n) is 3.05. The lowest BCUT2D eigenvalue weighted by Crippen LogP contribution is -2.43. The molecule has 22 heavy (non-hydrogen) atoms. The van der Waals surface area contributed by atoms with Crippen LogP contribution in [0, 0.1) is 0 Å². The molecule has 4 nitrogen and oxygen atoms in total. The Morgan fingerprint density at radius 3 is 2.77 bits per heavy atom. The number of nitrogens with zero attached hydrogens (tertiary/aromatic N) is 3. The van der Waals surface area contributed by atoms with Crippen molar-refractivity contribution in [3.8, 4) is 10.7 Å². The van der Waals surface area contributed by atoms with Crippen LogP contribution >= 0.6 is 11.3 Å². The molecule has 0 spiro atoms. The highest BCUT2D eigenvalue weighted by atomic mass is 32.1. The number of hydrogen-bond acceptors (Lipinski definition) is 5. The van der Waals surface area contributed by atoms with Crippen LogP contribution in [0.1, 0.15) is 37.5 Å². The standard InChI is InChI=1S/C17H23N3OS/c1-2-6-17(21)7-10-20(11-8-17)13-14-12-19-16(22-14)15-5-3-4-9-18-15/h3-5,9,12,21H,2,6-8,10-11,13H2,1H3. The molecule has 0 radical (unpaired) electrons. The van der Waals surface area contributed by atoms with Gasteiger partial charge >= 0.3 is 0 Å². The maximum Gasteiger partial charge on any atom is 0.142 e. The number of hydrogen-bond donors (Lipinski definition) is 1. The third-order valence-electron chi connectivity index (χ3n) is 4.32. The van der Waals surface area contributed by atoms with E-state index in [0.717, 1.165) is 56.0 Å². The topological polar surface area (TPSA) is 49.2 Å². The van der Waals surface area contributed by atoms with Crippen LogP contribution in [-0.4, -0.2) is 38.7 Å². The zero-order valence-electron chi connectivity index (χ0n) is 13.0. The van der Waals surface area contributed by atoms with Gasteiger partial charge in [-0.3, -0.25) is 9.88 Å². The van der Waals surface area contributed by atoms with E-state index >= 15 is 0 Å². The van der Waals surface area contributed by atoms with Crippen molar-refractivity contribution in [2.75, 3.05) is 13.1 Å². The molecule has 1 N–H and O–H groups in total. The van der Waals surface area contributed by atoms with Crippen LogP contribution < -0.4 is 0 Å². The first kappa shape index (κ1) is 15.6. The van der Waals surface area contributed by atoms with Gasteiger partial charge in [-0.25, -0.2) is 4.98 Å². The Balaban J connectivity index is 1.58. The Labute approximate surface area is 135 Å². The molecule has 118 valence electrons. The van der Waals surface area contributed by atoms with Gasteiger partial charge < -0.3 is 5.11 Å². The van der Waals surface area contributed by atoms with Gasteiger partial charge in [0.15, 0.2) is 0 Å². The highest BCUT2D eigenvalue weighted by Crippen LogP contribution is 2.29. The van der Waals surface area contributed by atoms with Crippen molar-refractivity contribution in [3.05, 3.63) is 35.5 Å². The van der Waals surface area contributed by atoms with E-state index < -0.39 is 5.60 Å². The van der Waals surface area contributed by atoms with Crippen molar-refractivity contribution in [1.29, 1.82) is 0 Å². The first-order chi connectivity index (χ1) is 10.7. The minimum Gasteiger partial charge on any atom is -0.390 e. The van der Waals surface area contributed by atoms with Gasteiger partial charge in [0.25, 0.3) is 0 Å². The molecule has 5 heteroatoms. The van der Waals surface area contributed by atoms with E-state index in [1.54, 1.807) is 17.5 Å². The lowest BCUT2D eigenvalue weighted by Gasteiger charge is -2.38. The number of aromatic nitrogens is 2. The van der Waals surface area contributed by atoms with Crippen molar-refractivity contribution in [2.45, 2.75) is 44.8 Å². The molecule has 2 aromatic rings. The highest BCUT2D eigenvalue weighted by Gasteiger charge is 2.31. The molecule has 2 aromatic heterocycles. The summed E-state index contributed by atoms with van der Waals surface area (Å²) in [6.45, 7) is 4.99. The molecule has 0 bridgehead atoms. The van der Waals surface area contributed by atoms with Gasteiger partial charge in [0.2, 0.25) is 0 Å². The van der Waals surface area contributed by atoms with E-state index in [9.17, 15) is 5.11 Å². The Kier molecular flexibility index (Phi) is 4.86. The average Bonchev–Trinajstić information content (AvgIpc) is 3.00. The molecule has 0 atom stereocenters. The molecule has 1 fully saturated rings. The Bertz CT molecular complexity index is 591. The summed E-state index contributed by atoms with van der Waals surface area (Å²) in [4.78, 5) is 12.5. The molecule has 0 unspecified atom stereocenters. The first-order valence-electron chi connectivity index (χ1n) is 7.99. The van der Waals surface area contributed by atoms with Crippen LogP contribution in [0.3, 0.4) is 0 Å². The van der Waals surface area contributed by atoms with Gasteiger partial charge in [-0.05, 0) is 31.4 Å². The second-order valence-electron chi connectivity index (χ2n) is 6.10. The molecule has 0 aliphatic carbocycles. The van der Waals surface area contributed by atoms with E-state index in [1.165, 1.54) is 4.88 Å². The molecule has 1 aliphatic rings. The Morgan fingerprint density at radius 2 is 2.09 bits per heavy atom. The van der Waals surface area contributed by atoms with Crippen LogP contribution in [0.2, 0.25) is 0 Å². The monoisotopic (exact) mass is 317 g/mol. The van der Waals surface area contributed by atoms with Crippen LogP contribution in [0.15, 0.2) is 30.6 Å². The maximum atomic E-state index is 10.5. The summed E-state index contributed by atoms with van der Waals surface area (Å²) in [7, 11) is 0. The summed E-state index contributed by atoms with van der Waals surface area (Å²) in [6, 6.07) is 5.90. The number of piperidine rings is 1. The average molecular weight is 317 g/mol. The molecule has 1 saturated heterocycles. The Hall–Kier alpha value is -1.30. The van der Waals surface area contributed by atoms with E-state index in [4.69, 9.17) is 0 Å².